The van der Waals surface area contributed by atoms with Crippen molar-refractivity contribution in [1.82, 2.24) is 0 Å². The van der Waals surface area contributed by atoms with E-state index in [9.17, 15) is 4.79 Å². The molecule has 0 aliphatic heterocycles. The highest BCUT2D eigenvalue weighted by molar-refractivity contribution is 5.97. The Morgan fingerprint density at radius 1 is 1.13 bits per heavy atom. The van der Waals surface area contributed by atoms with Crippen LogP contribution >= 0.6 is 0 Å². The Morgan fingerprint density at radius 2 is 1.87 bits per heavy atom. The van der Waals surface area contributed by atoms with Gasteiger partial charge in [-0.2, -0.15) is 0 Å². The number of benzene rings is 1. The van der Waals surface area contributed by atoms with Crippen LogP contribution in [0.15, 0.2) is 18.2 Å². The quantitative estimate of drug-likeness (QED) is 0.667. The molecule has 1 nitrogen and oxygen atoms in total. The zero-order chi connectivity index (χ0) is 11.3. The molecule has 1 heteroatoms. The Kier molecular flexibility index (Phi) is 4.54. The zero-order valence-electron chi connectivity index (χ0n) is 9.97. The number of aryl methyl sites for hydroxylation is 2. The normalized spacial score (nSPS) is 10.3. The lowest BCUT2D eigenvalue weighted by atomic mass is 9.96. The smallest absolute Gasteiger partial charge is 0.163 e. The van der Waals surface area contributed by atoms with Crippen molar-refractivity contribution in [2.24, 2.45) is 0 Å². The highest BCUT2D eigenvalue weighted by Gasteiger charge is 2.09. The number of carbonyl (C=O) groups excluding carboxylic acids is 1. The summed E-state index contributed by atoms with van der Waals surface area (Å²) in [6.45, 7) is 6.27. The summed E-state index contributed by atoms with van der Waals surface area (Å²) in [7, 11) is 0. The number of Topliss-reactive ketones (excluding diaryl/α,β-unsaturated/α-hetero) is 1. The SMILES string of the molecule is CCCC(=O)c1cc(CC)ccc1CC. The molecule has 0 aliphatic rings. The van der Waals surface area contributed by atoms with Crippen molar-refractivity contribution in [3.63, 3.8) is 0 Å². The van der Waals surface area contributed by atoms with Gasteiger partial charge in [0.25, 0.3) is 0 Å². The summed E-state index contributed by atoms with van der Waals surface area (Å²) in [5.74, 6) is 0.296. The molecule has 1 rings (SSSR count). The highest BCUT2D eigenvalue weighted by Crippen LogP contribution is 2.16. The lowest BCUT2D eigenvalue weighted by molar-refractivity contribution is 0.0981. The zero-order valence-corrected chi connectivity index (χ0v) is 9.97. The van der Waals surface area contributed by atoms with Crippen LogP contribution in [0.5, 0.6) is 0 Å². The van der Waals surface area contributed by atoms with Crippen LogP contribution in [0, 0.1) is 0 Å². The fourth-order valence-electron chi connectivity index (χ4n) is 1.77. The average Bonchev–Trinajstić information content (AvgIpc) is 2.28. The van der Waals surface area contributed by atoms with Gasteiger partial charge in [0, 0.05) is 12.0 Å². The van der Waals surface area contributed by atoms with Crippen molar-refractivity contribution in [3.05, 3.63) is 34.9 Å². The summed E-state index contributed by atoms with van der Waals surface area (Å²) < 4.78 is 0. The first-order valence-electron chi connectivity index (χ1n) is 5.87. The van der Waals surface area contributed by atoms with Crippen molar-refractivity contribution in [1.29, 1.82) is 0 Å². The first-order chi connectivity index (χ1) is 7.22. The second kappa shape index (κ2) is 5.69. The van der Waals surface area contributed by atoms with Crippen LogP contribution in [0.2, 0.25) is 0 Å². The van der Waals surface area contributed by atoms with Gasteiger partial charge >= 0.3 is 0 Å². The van der Waals surface area contributed by atoms with Crippen LogP contribution in [-0.4, -0.2) is 5.78 Å². The third-order valence-electron chi connectivity index (χ3n) is 2.74. The number of carbonyl (C=O) groups is 1. The average molecular weight is 204 g/mol. The molecular weight excluding hydrogens is 184 g/mol. The summed E-state index contributed by atoms with van der Waals surface area (Å²) in [6, 6.07) is 6.29. The fourth-order valence-corrected chi connectivity index (χ4v) is 1.77. The summed E-state index contributed by atoms with van der Waals surface area (Å²) in [5, 5.41) is 0. The van der Waals surface area contributed by atoms with Gasteiger partial charge in [0.15, 0.2) is 5.78 Å². The van der Waals surface area contributed by atoms with Crippen molar-refractivity contribution in [2.75, 3.05) is 0 Å². The Morgan fingerprint density at radius 3 is 2.40 bits per heavy atom. The number of rotatable bonds is 5. The van der Waals surface area contributed by atoms with E-state index in [2.05, 4.69) is 32.0 Å². The van der Waals surface area contributed by atoms with Crippen LogP contribution in [0.1, 0.15) is 55.1 Å². The number of ketones is 1. The molecule has 1 aromatic rings. The summed E-state index contributed by atoms with van der Waals surface area (Å²) in [4.78, 5) is 11.9. The van der Waals surface area contributed by atoms with Crippen molar-refractivity contribution >= 4 is 5.78 Å². The molecule has 0 bridgehead atoms. The maximum atomic E-state index is 11.9. The van der Waals surface area contributed by atoms with Gasteiger partial charge in [-0.15, -0.1) is 0 Å². The molecule has 0 aromatic heterocycles. The molecule has 0 spiro atoms. The molecule has 0 amide bonds. The van der Waals surface area contributed by atoms with E-state index in [1.807, 2.05) is 6.92 Å². The third-order valence-corrected chi connectivity index (χ3v) is 2.74. The molecule has 0 atom stereocenters. The Hall–Kier alpha value is -1.11. The van der Waals surface area contributed by atoms with Crippen LogP contribution in [-0.2, 0) is 12.8 Å². The van der Waals surface area contributed by atoms with E-state index in [1.54, 1.807) is 0 Å². The molecule has 1 aromatic carbocycles. The number of hydrogen-bond donors (Lipinski definition) is 0. The molecular formula is C14H20O. The predicted octanol–water partition coefficient (Wildman–Crippen LogP) is 3.79. The lowest BCUT2D eigenvalue weighted by Crippen LogP contribution is -2.04. The van der Waals surface area contributed by atoms with E-state index in [4.69, 9.17) is 0 Å². The van der Waals surface area contributed by atoms with E-state index >= 15 is 0 Å². The molecule has 82 valence electrons. The number of hydrogen-bond acceptors (Lipinski definition) is 1. The Labute approximate surface area is 92.5 Å². The predicted molar refractivity (Wildman–Crippen MR) is 64.4 cm³/mol. The van der Waals surface area contributed by atoms with Crippen LogP contribution in [0.25, 0.3) is 0 Å². The van der Waals surface area contributed by atoms with Gasteiger partial charge in [-0.3, -0.25) is 4.79 Å². The van der Waals surface area contributed by atoms with Gasteiger partial charge < -0.3 is 0 Å². The van der Waals surface area contributed by atoms with Crippen molar-refractivity contribution < 1.29 is 4.79 Å². The third kappa shape index (κ3) is 2.92. The van der Waals surface area contributed by atoms with Crippen LogP contribution in [0.4, 0.5) is 0 Å². The van der Waals surface area contributed by atoms with Gasteiger partial charge in [-0.05, 0) is 36.5 Å². The van der Waals surface area contributed by atoms with E-state index < -0.39 is 0 Å². The van der Waals surface area contributed by atoms with Crippen molar-refractivity contribution in [3.8, 4) is 0 Å². The first-order valence-corrected chi connectivity index (χ1v) is 5.87. The largest absolute Gasteiger partial charge is 0.294 e. The molecule has 0 saturated heterocycles. The fraction of sp³-hybridized carbons (Fsp3) is 0.500. The van der Waals surface area contributed by atoms with Crippen molar-refractivity contribution in [2.45, 2.75) is 46.5 Å². The monoisotopic (exact) mass is 204 g/mol. The second-order valence-corrected chi connectivity index (χ2v) is 3.87. The van der Waals surface area contributed by atoms with Gasteiger partial charge in [0.1, 0.15) is 0 Å². The Bertz CT molecular complexity index is 339. The van der Waals surface area contributed by atoms with Gasteiger partial charge in [-0.25, -0.2) is 0 Å². The Balaban J connectivity index is 3.05. The molecule has 15 heavy (non-hydrogen) atoms. The highest BCUT2D eigenvalue weighted by atomic mass is 16.1. The van der Waals surface area contributed by atoms with Gasteiger partial charge in [0.2, 0.25) is 0 Å². The minimum absolute atomic E-state index is 0.296. The summed E-state index contributed by atoms with van der Waals surface area (Å²) in [5.41, 5.74) is 3.39. The molecule has 0 unspecified atom stereocenters. The van der Waals surface area contributed by atoms with E-state index in [1.165, 1.54) is 11.1 Å². The maximum absolute atomic E-state index is 11.9. The van der Waals surface area contributed by atoms with E-state index in [0.717, 1.165) is 24.8 Å². The molecule has 0 N–H and O–H groups in total. The topological polar surface area (TPSA) is 17.1 Å². The summed E-state index contributed by atoms with van der Waals surface area (Å²) in [6.07, 6.45) is 3.53. The summed E-state index contributed by atoms with van der Waals surface area (Å²) >= 11 is 0. The molecule has 0 fully saturated rings. The molecule has 0 saturated carbocycles. The first kappa shape index (κ1) is 12.0. The molecule has 0 radical (unpaired) electrons. The van der Waals surface area contributed by atoms with Gasteiger partial charge in [-0.1, -0.05) is 32.9 Å². The second-order valence-electron chi connectivity index (χ2n) is 3.87. The maximum Gasteiger partial charge on any atom is 0.163 e. The minimum Gasteiger partial charge on any atom is -0.294 e. The van der Waals surface area contributed by atoms with Crippen LogP contribution < -0.4 is 0 Å². The van der Waals surface area contributed by atoms with Gasteiger partial charge in [0.05, 0.1) is 0 Å². The lowest BCUT2D eigenvalue weighted by Gasteiger charge is -2.08. The molecule has 0 aliphatic carbocycles. The standard InChI is InChI=1S/C14H20O/c1-4-7-14(15)13-10-11(5-2)8-9-12(13)6-3/h8-10H,4-7H2,1-3H3. The minimum atomic E-state index is 0.296. The molecule has 0 heterocycles. The van der Waals surface area contributed by atoms with Crippen LogP contribution in [0.3, 0.4) is 0 Å². The van der Waals surface area contributed by atoms with E-state index in [-0.39, 0.29) is 0 Å². The van der Waals surface area contributed by atoms with E-state index in [0.29, 0.717) is 12.2 Å².